The van der Waals surface area contributed by atoms with Crippen molar-refractivity contribution in [1.29, 1.82) is 0 Å². The van der Waals surface area contributed by atoms with Crippen LogP contribution in [0.5, 0.6) is 0 Å². The molecule has 2 rings (SSSR count). The molecule has 1 amide bonds. The van der Waals surface area contributed by atoms with E-state index in [1.807, 2.05) is 0 Å². The smallest absolute Gasteiger partial charge is 0.305 e. The van der Waals surface area contributed by atoms with E-state index in [9.17, 15) is 9.59 Å². The number of carbonyl (C=O) groups is 2. The summed E-state index contributed by atoms with van der Waals surface area (Å²) in [6, 6.07) is -0.150. The first kappa shape index (κ1) is 15.3. The van der Waals surface area contributed by atoms with E-state index in [0.717, 1.165) is 39.0 Å². The van der Waals surface area contributed by atoms with Gasteiger partial charge in [0.2, 0.25) is 5.91 Å². The molecule has 0 aromatic rings. The number of nitrogens with one attached hydrogen (secondary N) is 1. The predicted octanol–water partition coefficient (Wildman–Crippen LogP) is 0.136. The van der Waals surface area contributed by atoms with Gasteiger partial charge in [0.05, 0.1) is 12.5 Å². The lowest BCUT2D eigenvalue weighted by atomic mass is 9.98. The molecule has 0 aliphatic carbocycles. The summed E-state index contributed by atoms with van der Waals surface area (Å²) in [5.74, 6) is -1.03. The van der Waals surface area contributed by atoms with Gasteiger partial charge in [0, 0.05) is 19.1 Å². The van der Waals surface area contributed by atoms with Crippen LogP contribution < -0.4 is 5.32 Å². The lowest BCUT2D eigenvalue weighted by Gasteiger charge is -2.43. The van der Waals surface area contributed by atoms with Gasteiger partial charge < -0.3 is 15.3 Å². The van der Waals surface area contributed by atoms with Crippen molar-refractivity contribution in [2.75, 3.05) is 32.7 Å². The van der Waals surface area contributed by atoms with Crippen molar-refractivity contribution in [2.45, 2.75) is 44.7 Å². The summed E-state index contributed by atoms with van der Waals surface area (Å²) in [4.78, 5) is 27.5. The summed E-state index contributed by atoms with van der Waals surface area (Å²) >= 11 is 0. The standard InChI is InChI=1S/C14H25N3O3/c1-2-6-16-7-3-11(4-8-16)17-9-5-15-14(20)12(17)10-13(18)19/h11-12H,2-10H2,1H3,(H,15,20)(H,18,19). The Bertz CT molecular complexity index is 354. The number of carboxylic acid groups (broad SMARTS) is 1. The molecule has 20 heavy (non-hydrogen) atoms. The maximum Gasteiger partial charge on any atom is 0.305 e. The SMILES string of the molecule is CCCN1CCC(N2CCNC(=O)C2CC(=O)O)CC1. The van der Waals surface area contributed by atoms with Crippen LogP contribution in [-0.2, 0) is 9.59 Å². The predicted molar refractivity (Wildman–Crippen MR) is 75.5 cm³/mol. The normalized spacial score (nSPS) is 26.4. The first-order valence-corrected chi connectivity index (χ1v) is 7.59. The maximum absolute atomic E-state index is 11.9. The molecule has 2 fully saturated rings. The molecule has 0 aromatic heterocycles. The van der Waals surface area contributed by atoms with Gasteiger partial charge in [-0.3, -0.25) is 14.5 Å². The second kappa shape index (κ2) is 7.04. The van der Waals surface area contributed by atoms with E-state index < -0.39 is 12.0 Å². The third-order valence-corrected chi connectivity index (χ3v) is 4.31. The molecule has 0 aromatic carbocycles. The average Bonchev–Trinajstić information content (AvgIpc) is 2.42. The van der Waals surface area contributed by atoms with Gasteiger partial charge in [-0.25, -0.2) is 0 Å². The number of piperazine rings is 1. The fourth-order valence-electron chi connectivity index (χ4n) is 3.34. The summed E-state index contributed by atoms with van der Waals surface area (Å²) in [5, 5.41) is 11.8. The van der Waals surface area contributed by atoms with Crippen LogP contribution in [0.1, 0.15) is 32.6 Å². The van der Waals surface area contributed by atoms with Crippen molar-refractivity contribution in [2.24, 2.45) is 0 Å². The topological polar surface area (TPSA) is 72.9 Å². The molecule has 2 saturated heterocycles. The van der Waals surface area contributed by atoms with Crippen LogP contribution in [0.15, 0.2) is 0 Å². The van der Waals surface area contributed by atoms with E-state index in [1.165, 1.54) is 6.42 Å². The monoisotopic (exact) mass is 283 g/mol. The number of amides is 1. The first-order valence-electron chi connectivity index (χ1n) is 7.59. The van der Waals surface area contributed by atoms with Gasteiger partial charge in [-0.2, -0.15) is 0 Å². The van der Waals surface area contributed by atoms with Crippen molar-refractivity contribution in [3.05, 3.63) is 0 Å². The van der Waals surface area contributed by atoms with Gasteiger partial charge in [-0.15, -0.1) is 0 Å². The van der Waals surface area contributed by atoms with Crippen molar-refractivity contribution in [3.63, 3.8) is 0 Å². The highest BCUT2D eigenvalue weighted by atomic mass is 16.4. The van der Waals surface area contributed by atoms with Gasteiger partial charge in [0.15, 0.2) is 0 Å². The van der Waals surface area contributed by atoms with Crippen molar-refractivity contribution >= 4 is 11.9 Å². The molecule has 0 spiro atoms. The van der Waals surface area contributed by atoms with E-state index in [0.29, 0.717) is 12.6 Å². The number of hydrogen-bond donors (Lipinski definition) is 2. The van der Waals surface area contributed by atoms with Gasteiger partial charge in [0.25, 0.3) is 0 Å². The molecule has 114 valence electrons. The quantitative estimate of drug-likeness (QED) is 0.750. The van der Waals surface area contributed by atoms with Crippen LogP contribution >= 0.6 is 0 Å². The molecule has 2 aliphatic heterocycles. The zero-order valence-corrected chi connectivity index (χ0v) is 12.2. The van der Waals surface area contributed by atoms with Crippen molar-refractivity contribution < 1.29 is 14.7 Å². The minimum atomic E-state index is -0.902. The van der Waals surface area contributed by atoms with Gasteiger partial charge in [-0.1, -0.05) is 6.92 Å². The summed E-state index contributed by atoms with van der Waals surface area (Å²) in [6.45, 7) is 6.81. The summed E-state index contributed by atoms with van der Waals surface area (Å²) in [6.07, 6.45) is 3.13. The van der Waals surface area contributed by atoms with Crippen molar-refractivity contribution in [3.8, 4) is 0 Å². The number of rotatable bonds is 5. The molecule has 1 atom stereocenters. The van der Waals surface area contributed by atoms with Crippen LogP contribution in [0, 0.1) is 0 Å². The Morgan fingerprint density at radius 3 is 2.65 bits per heavy atom. The molecule has 2 heterocycles. The van der Waals surface area contributed by atoms with Gasteiger partial charge in [0.1, 0.15) is 0 Å². The lowest BCUT2D eigenvalue weighted by molar-refractivity contribution is -0.144. The average molecular weight is 283 g/mol. The molecule has 0 bridgehead atoms. The van der Waals surface area contributed by atoms with Gasteiger partial charge >= 0.3 is 5.97 Å². The van der Waals surface area contributed by atoms with Crippen LogP contribution in [0.2, 0.25) is 0 Å². The first-order chi connectivity index (χ1) is 9.61. The number of piperidine rings is 1. The number of carbonyl (C=O) groups excluding carboxylic acids is 1. The number of carboxylic acids is 1. The summed E-state index contributed by atoms with van der Waals surface area (Å²) in [7, 11) is 0. The van der Waals surface area contributed by atoms with E-state index in [1.54, 1.807) is 0 Å². The van der Waals surface area contributed by atoms with E-state index in [-0.39, 0.29) is 12.3 Å². The fraction of sp³-hybridized carbons (Fsp3) is 0.857. The molecular weight excluding hydrogens is 258 g/mol. The third kappa shape index (κ3) is 3.70. The van der Waals surface area contributed by atoms with Crippen LogP contribution in [0.4, 0.5) is 0 Å². The lowest BCUT2D eigenvalue weighted by Crippen LogP contribution is -2.60. The number of likely N-dealkylation sites (tertiary alicyclic amines) is 1. The van der Waals surface area contributed by atoms with Crippen LogP contribution in [0.3, 0.4) is 0 Å². The number of nitrogens with zero attached hydrogens (tertiary/aromatic N) is 2. The Morgan fingerprint density at radius 2 is 2.05 bits per heavy atom. The molecule has 6 nitrogen and oxygen atoms in total. The second-order valence-electron chi connectivity index (χ2n) is 5.72. The van der Waals surface area contributed by atoms with Crippen LogP contribution in [0.25, 0.3) is 0 Å². The Labute approximate surface area is 120 Å². The Balaban J connectivity index is 1.95. The van der Waals surface area contributed by atoms with Crippen LogP contribution in [-0.4, -0.2) is 71.6 Å². The highest BCUT2D eigenvalue weighted by Crippen LogP contribution is 2.21. The third-order valence-electron chi connectivity index (χ3n) is 4.31. The molecule has 0 saturated carbocycles. The minimum absolute atomic E-state index is 0.0962. The molecule has 2 N–H and O–H groups in total. The second-order valence-corrected chi connectivity index (χ2v) is 5.72. The number of hydrogen-bond acceptors (Lipinski definition) is 4. The molecule has 6 heteroatoms. The Hall–Kier alpha value is -1.14. The fourth-order valence-corrected chi connectivity index (χ4v) is 3.34. The zero-order chi connectivity index (χ0) is 14.5. The highest BCUT2D eigenvalue weighted by molar-refractivity contribution is 5.86. The van der Waals surface area contributed by atoms with E-state index >= 15 is 0 Å². The van der Waals surface area contributed by atoms with E-state index in [2.05, 4.69) is 22.0 Å². The Kier molecular flexibility index (Phi) is 5.37. The highest BCUT2D eigenvalue weighted by Gasteiger charge is 2.36. The summed E-state index contributed by atoms with van der Waals surface area (Å²) in [5.41, 5.74) is 0. The molecular formula is C14H25N3O3. The minimum Gasteiger partial charge on any atom is -0.481 e. The number of aliphatic carboxylic acids is 1. The maximum atomic E-state index is 11.9. The summed E-state index contributed by atoms with van der Waals surface area (Å²) < 4.78 is 0. The largest absolute Gasteiger partial charge is 0.481 e. The zero-order valence-electron chi connectivity index (χ0n) is 12.2. The molecule has 0 radical (unpaired) electrons. The van der Waals surface area contributed by atoms with Crippen molar-refractivity contribution in [1.82, 2.24) is 15.1 Å². The molecule has 2 aliphatic rings. The van der Waals surface area contributed by atoms with E-state index in [4.69, 9.17) is 5.11 Å². The molecule has 1 unspecified atom stereocenters. The Morgan fingerprint density at radius 1 is 1.35 bits per heavy atom. The van der Waals surface area contributed by atoms with Gasteiger partial charge in [-0.05, 0) is 38.9 Å².